The third kappa shape index (κ3) is 4.17. The van der Waals surface area contributed by atoms with E-state index in [4.69, 9.17) is 26.9 Å². The molecule has 21 heavy (non-hydrogen) atoms. The lowest BCUT2D eigenvalue weighted by atomic mass is 10.2. The largest absolute Gasteiger partial charge is 0.461 e. The number of rotatable bonds is 5. The van der Waals surface area contributed by atoms with Gasteiger partial charge in [-0.05, 0) is 38.5 Å². The molecule has 0 spiro atoms. The lowest BCUT2D eigenvalue weighted by Crippen LogP contribution is -2.15. The zero-order valence-electron chi connectivity index (χ0n) is 11.9. The molecule has 0 unspecified atom stereocenters. The Hall–Kier alpha value is -2.12. The average Bonchev–Trinajstić information content (AvgIpc) is 2.42. The molecule has 0 bridgehead atoms. The van der Waals surface area contributed by atoms with Gasteiger partial charge in [0.25, 0.3) is 0 Å². The van der Waals surface area contributed by atoms with Gasteiger partial charge in [0, 0.05) is 5.02 Å². The first kappa shape index (κ1) is 15.3. The smallest absolute Gasteiger partial charge is 0.330 e. The second-order valence-corrected chi connectivity index (χ2v) is 4.98. The molecule has 2 rings (SSSR count). The first-order valence-electron chi connectivity index (χ1n) is 6.31. The molecule has 8 heteroatoms. The van der Waals surface area contributed by atoms with Crippen LogP contribution in [0.4, 0.5) is 5.95 Å². The second kappa shape index (κ2) is 6.55. The summed E-state index contributed by atoms with van der Waals surface area (Å²) in [5.41, 5.74) is 3.24. The van der Waals surface area contributed by atoms with E-state index in [1.165, 1.54) is 0 Å². The van der Waals surface area contributed by atoms with Crippen LogP contribution in [0.3, 0.4) is 0 Å². The zero-order chi connectivity index (χ0) is 15.4. The Kier molecular flexibility index (Phi) is 4.77. The Morgan fingerprint density at radius 2 is 1.90 bits per heavy atom. The molecule has 0 aliphatic rings. The predicted octanol–water partition coefficient (Wildman–Crippen LogP) is 2.70. The number of nitrogens with one attached hydrogen (secondary N) is 1. The summed E-state index contributed by atoms with van der Waals surface area (Å²) < 4.78 is 11.1. The van der Waals surface area contributed by atoms with E-state index in [-0.39, 0.29) is 24.1 Å². The van der Waals surface area contributed by atoms with Gasteiger partial charge in [-0.25, -0.2) is 5.84 Å². The molecule has 1 aromatic heterocycles. The standard InChI is InChI=1S/C13H16ClN5O2/c1-7(2)20-12-16-11(19-15)17-13(18-12)21-10-6-9(14)5-4-8(10)3/h4-7H,15H2,1-3H3,(H,16,17,18,19). The summed E-state index contributed by atoms with van der Waals surface area (Å²) in [7, 11) is 0. The number of benzene rings is 1. The minimum absolute atomic E-state index is 0.0685. The fraction of sp³-hybridized carbons (Fsp3) is 0.308. The van der Waals surface area contributed by atoms with Crippen molar-refractivity contribution in [1.82, 2.24) is 15.0 Å². The van der Waals surface area contributed by atoms with Gasteiger partial charge in [-0.2, -0.15) is 9.97 Å². The lowest BCUT2D eigenvalue weighted by Gasteiger charge is -2.11. The van der Waals surface area contributed by atoms with Gasteiger partial charge in [0.15, 0.2) is 0 Å². The van der Waals surface area contributed by atoms with Crippen LogP contribution in [0.25, 0.3) is 0 Å². The van der Waals surface area contributed by atoms with Crippen LogP contribution in [0.5, 0.6) is 17.8 Å². The van der Waals surface area contributed by atoms with E-state index in [1.54, 1.807) is 12.1 Å². The minimum Gasteiger partial charge on any atom is -0.461 e. The molecule has 0 saturated carbocycles. The van der Waals surface area contributed by atoms with Gasteiger partial charge in [-0.15, -0.1) is 4.98 Å². The minimum atomic E-state index is -0.0845. The lowest BCUT2D eigenvalue weighted by molar-refractivity contribution is 0.218. The molecule has 0 fully saturated rings. The third-order valence-electron chi connectivity index (χ3n) is 2.42. The molecular formula is C13H16ClN5O2. The van der Waals surface area contributed by atoms with E-state index in [9.17, 15) is 0 Å². The van der Waals surface area contributed by atoms with Crippen LogP contribution < -0.4 is 20.7 Å². The highest BCUT2D eigenvalue weighted by Crippen LogP contribution is 2.27. The molecule has 1 heterocycles. The third-order valence-corrected chi connectivity index (χ3v) is 2.65. The van der Waals surface area contributed by atoms with Crippen molar-refractivity contribution in [2.24, 2.45) is 5.84 Å². The first-order chi connectivity index (χ1) is 9.97. The van der Waals surface area contributed by atoms with Crippen molar-refractivity contribution in [3.8, 4) is 17.8 Å². The molecule has 3 N–H and O–H groups in total. The number of nitrogens with zero attached hydrogens (tertiary/aromatic N) is 3. The van der Waals surface area contributed by atoms with Gasteiger partial charge in [0.05, 0.1) is 6.10 Å². The number of ether oxygens (including phenoxy) is 2. The molecule has 7 nitrogen and oxygen atoms in total. The molecule has 0 radical (unpaired) electrons. The molecule has 1 aromatic carbocycles. The van der Waals surface area contributed by atoms with Crippen LogP contribution in [0.15, 0.2) is 18.2 Å². The van der Waals surface area contributed by atoms with E-state index in [1.807, 2.05) is 26.8 Å². The van der Waals surface area contributed by atoms with Crippen molar-refractivity contribution in [2.45, 2.75) is 26.9 Å². The Morgan fingerprint density at radius 3 is 2.57 bits per heavy atom. The van der Waals surface area contributed by atoms with E-state index >= 15 is 0 Å². The number of hydrogen-bond donors (Lipinski definition) is 2. The van der Waals surface area contributed by atoms with Gasteiger partial charge in [-0.1, -0.05) is 17.7 Å². The maximum Gasteiger partial charge on any atom is 0.330 e. The monoisotopic (exact) mass is 309 g/mol. The Labute approximate surface area is 127 Å². The summed E-state index contributed by atoms with van der Waals surface area (Å²) in [6, 6.07) is 5.49. The summed E-state index contributed by atoms with van der Waals surface area (Å²) in [4.78, 5) is 12.1. The fourth-order valence-corrected chi connectivity index (χ4v) is 1.66. The van der Waals surface area contributed by atoms with Crippen molar-refractivity contribution < 1.29 is 9.47 Å². The fourth-order valence-electron chi connectivity index (χ4n) is 1.49. The molecule has 112 valence electrons. The van der Waals surface area contributed by atoms with E-state index < -0.39 is 0 Å². The molecule has 0 aliphatic heterocycles. The van der Waals surface area contributed by atoms with Gasteiger partial charge < -0.3 is 9.47 Å². The second-order valence-electron chi connectivity index (χ2n) is 4.55. The SMILES string of the molecule is Cc1ccc(Cl)cc1Oc1nc(NN)nc(OC(C)C)n1. The number of anilines is 1. The van der Waals surface area contributed by atoms with E-state index in [0.717, 1.165) is 5.56 Å². The summed E-state index contributed by atoms with van der Waals surface area (Å²) in [6.45, 7) is 5.61. The highest BCUT2D eigenvalue weighted by atomic mass is 35.5. The molecular weight excluding hydrogens is 294 g/mol. The van der Waals surface area contributed by atoms with Gasteiger partial charge in [-0.3, -0.25) is 5.43 Å². The maximum atomic E-state index is 5.95. The first-order valence-corrected chi connectivity index (χ1v) is 6.69. The number of hydrazine groups is 1. The molecule has 0 atom stereocenters. The molecule has 0 saturated heterocycles. The number of aryl methyl sites for hydroxylation is 1. The maximum absolute atomic E-state index is 5.95. The summed E-state index contributed by atoms with van der Waals surface area (Å²) in [5, 5.41) is 0.556. The van der Waals surface area contributed by atoms with Crippen molar-refractivity contribution in [2.75, 3.05) is 5.43 Å². The number of nitrogens with two attached hydrogens (primary N) is 1. The number of aromatic nitrogens is 3. The van der Waals surface area contributed by atoms with Crippen LogP contribution in [0.1, 0.15) is 19.4 Å². The zero-order valence-corrected chi connectivity index (χ0v) is 12.7. The Balaban J connectivity index is 2.32. The van der Waals surface area contributed by atoms with Crippen LogP contribution in [0, 0.1) is 6.92 Å². The topological polar surface area (TPSA) is 95.2 Å². The summed E-state index contributed by atoms with van der Waals surface area (Å²) >= 11 is 5.95. The Morgan fingerprint density at radius 1 is 1.19 bits per heavy atom. The van der Waals surface area contributed by atoms with Crippen molar-refractivity contribution in [3.63, 3.8) is 0 Å². The number of nitrogen functional groups attached to an aromatic ring is 1. The van der Waals surface area contributed by atoms with Crippen LogP contribution in [0.2, 0.25) is 5.02 Å². The number of hydrogen-bond acceptors (Lipinski definition) is 7. The molecule has 0 aliphatic carbocycles. The van der Waals surface area contributed by atoms with Gasteiger partial charge in [0.2, 0.25) is 5.95 Å². The summed E-state index contributed by atoms with van der Waals surface area (Å²) in [6.07, 6.45) is -0.0845. The van der Waals surface area contributed by atoms with Crippen molar-refractivity contribution >= 4 is 17.5 Å². The van der Waals surface area contributed by atoms with E-state index in [2.05, 4.69) is 20.4 Å². The van der Waals surface area contributed by atoms with Crippen molar-refractivity contribution in [3.05, 3.63) is 28.8 Å². The van der Waals surface area contributed by atoms with Crippen LogP contribution in [-0.4, -0.2) is 21.1 Å². The number of halogens is 1. The van der Waals surface area contributed by atoms with Crippen LogP contribution in [-0.2, 0) is 0 Å². The van der Waals surface area contributed by atoms with Gasteiger partial charge >= 0.3 is 12.0 Å². The Bertz CT molecular complexity index is 636. The average molecular weight is 310 g/mol. The summed E-state index contributed by atoms with van der Waals surface area (Å²) in [5.74, 6) is 6.03. The van der Waals surface area contributed by atoms with Gasteiger partial charge in [0.1, 0.15) is 5.75 Å². The quantitative estimate of drug-likeness (QED) is 0.647. The normalized spacial score (nSPS) is 10.6. The highest BCUT2D eigenvalue weighted by molar-refractivity contribution is 6.30. The predicted molar refractivity (Wildman–Crippen MR) is 79.7 cm³/mol. The molecule has 2 aromatic rings. The highest BCUT2D eigenvalue weighted by Gasteiger charge is 2.11. The van der Waals surface area contributed by atoms with E-state index in [0.29, 0.717) is 10.8 Å². The van der Waals surface area contributed by atoms with Crippen LogP contribution >= 0.6 is 11.6 Å². The van der Waals surface area contributed by atoms with Crippen molar-refractivity contribution in [1.29, 1.82) is 0 Å². The molecule has 0 amide bonds.